The summed E-state index contributed by atoms with van der Waals surface area (Å²) in [5.74, 6) is -0.202. The number of ether oxygens (including phenoxy) is 1. The Morgan fingerprint density at radius 1 is 1.12 bits per heavy atom. The molecular formula is C25H29N3O4. The number of carbonyl (C=O) groups is 1. The van der Waals surface area contributed by atoms with Gasteiger partial charge in [0.15, 0.2) is 12.1 Å². The van der Waals surface area contributed by atoms with Gasteiger partial charge in [-0.05, 0) is 30.4 Å². The van der Waals surface area contributed by atoms with Crippen molar-refractivity contribution in [2.24, 2.45) is 10.9 Å². The van der Waals surface area contributed by atoms with E-state index in [4.69, 9.17) is 19.7 Å². The van der Waals surface area contributed by atoms with Crippen LogP contribution in [0.15, 0.2) is 59.6 Å². The van der Waals surface area contributed by atoms with Crippen LogP contribution in [-0.4, -0.2) is 47.7 Å². The Kier molecular flexibility index (Phi) is 5.95. The molecule has 2 atom stereocenters. The van der Waals surface area contributed by atoms with Crippen LogP contribution >= 0.6 is 0 Å². The van der Waals surface area contributed by atoms with Crippen LogP contribution in [0.5, 0.6) is 0 Å². The van der Waals surface area contributed by atoms with Crippen molar-refractivity contribution in [2.45, 2.75) is 44.1 Å². The fourth-order valence-electron chi connectivity index (χ4n) is 4.81. The number of likely N-dealkylation sites (tertiary alicyclic amines) is 1. The van der Waals surface area contributed by atoms with Crippen molar-refractivity contribution >= 4 is 11.8 Å². The molecule has 168 valence electrons. The van der Waals surface area contributed by atoms with Gasteiger partial charge in [0, 0.05) is 38.2 Å². The molecule has 3 heterocycles. The van der Waals surface area contributed by atoms with Crippen LogP contribution in [0.3, 0.4) is 0 Å². The summed E-state index contributed by atoms with van der Waals surface area (Å²) in [7, 11) is 0. The highest BCUT2D eigenvalue weighted by atomic mass is 16.7. The van der Waals surface area contributed by atoms with E-state index in [1.807, 2.05) is 18.2 Å². The maximum atomic E-state index is 11.0. The number of aliphatic imine (C=N–C) groups is 1. The lowest BCUT2D eigenvalue weighted by Crippen LogP contribution is -2.49. The van der Waals surface area contributed by atoms with Crippen LogP contribution < -0.4 is 5.48 Å². The summed E-state index contributed by atoms with van der Waals surface area (Å²) in [6.45, 7) is 2.76. The highest BCUT2D eigenvalue weighted by Gasteiger charge is 2.39. The number of hydrogen-bond donors (Lipinski definition) is 2. The maximum Gasteiger partial charge on any atom is 0.309 e. The predicted molar refractivity (Wildman–Crippen MR) is 120 cm³/mol. The Bertz CT molecular complexity index is 964. The third kappa shape index (κ3) is 4.41. The summed E-state index contributed by atoms with van der Waals surface area (Å²) in [5.41, 5.74) is 5.96. The molecule has 2 fully saturated rings. The summed E-state index contributed by atoms with van der Waals surface area (Å²) in [6, 6.07) is 18.6. The highest BCUT2D eigenvalue weighted by Crippen LogP contribution is 2.40. The van der Waals surface area contributed by atoms with E-state index in [1.54, 1.807) is 0 Å². The van der Waals surface area contributed by atoms with E-state index in [0.29, 0.717) is 19.5 Å². The van der Waals surface area contributed by atoms with Crippen LogP contribution in [0.1, 0.15) is 42.4 Å². The zero-order valence-electron chi connectivity index (χ0n) is 18.1. The van der Waals surface area contributed by atoms with Gasteiger partial charge in [-0.2, -0.15) is 0 Å². The van der Waals surface area contributed by atoms with E-state index in [2.05, 4.69) is 46.8 Å². The van der Waals surface area contributed by atoms with Crippen molar-refractivity contribution in [1.29, 1.82) is 0 Å². The van der Waals surface area contributed by atoms with Gasteiger partial charge < -0.3 is 9.84 Å². The van der Waals surface area contributed by atoms with Gasteiger partial charge in [-0.3, -0.25) is 9.69 Å². The minimum absolute atomic E-state index is 0.229. The maximum absolute atomic E-state index is 11.0. The Labute approximate surface area is 188 Å². The SMILES string of the molecule is O=C(O)C1CN(Cc2ccc(C3=NC(CC4(c5ccccc5)CCCCO4)ON3)cc2)C1. The van der Waals surface area contributed by atoms with Crippen molar-refractivity contribution in [2.75, 3.05) is 19.7 Å². The Morgan fingerprint density at radius 2 is 1.91 bits per heavy atom. The molecular weight excluding hydrogens is 406 g/mol. The van der Waals surface area contributed by atoms with Gasteiger partial charge in [0.25, 0.3) is 0 Å². The molecule has 0 saturated carbocycles. The van der Waals surface area contributed by atoms with Crippen molar-refractivity contribution < 1.29 is 19.5 Å². The number of aliphatic carboxylic acids is 1. The fraction of sp³-hybridized carbons (Fsp3) is 0.440. The molecule has 0 bridgehead atoms. The van der Waals surface area contributed by atoms with Crippen LogP contribution in [0.2, 0.25) is 0 Å². The van der Waals surface area contributed by atoms with Gasteiger partial charge in [0.2, 0.25) is 0 Å². The van der Waals surface area contributed by atoms with Gasteiger partial charge in [-0.15, -0.1) is 0 Å². The van der Waals surface area contributed by atoms with Crippen LogP contribution in [0.4, 0.5) is 0 Å². The number of amidine groups is 1. The molecule has 32 heavy (non-hydrogen) atoms. The summed E-state index contributed by atoms with van der Waals surface area (Å²) in [5, 5.41) is 9.01. The molecule has 0 spiro atoms. The monoisotopic (exact) mass is 435 g/mol. The second kappa shape index (κ2) is 9.02. The standard InChI is InChI=1S/C25H29N3O4/c29-24(30)20-16-28(17-20)15-18-8-10-19(11-9-18)23-26-22(32-27-23)14-25(12-4-5-13-31-25)21-6-2-1-3-7-21/h1-3,6-11,20,22H,4-5,12-17H2,(H,26,27)(H,29,30). The molecule has 0 amide bonds. The van der Waals surface area contributed by atoms with E-state index >= 15 is 0 Å². The van der Waals surface area contributed by atoms with Crippen molar-refractivity contribution in [3.63, 3.8) is 0 Å². The van der Waals surface area contributed by atoms with Gasteiger partial charge in [-0.1, -0.05) is 54.6 Å². The number of benzene rings is 2. The number of rotatable bonds is 7. The summed E-state index contributed by atoms with van der Waals surface area (Å²) in [4.78, 5) is 23.7. The minimum Gasteiger partial charge on any atom is -0.481 e. The molecule has 7 heteroatoms. The Morgan fingerprint density at radius 3 is 2.59 bits per heavy atom. The van der Waals surface area contributed by atoms with Gasteiger partial charge in [0.05, 0.1) is 11.5 Å². The second-order valence-electron chi connectivity index (χ2n) is 8.95. The zero-order chi connectivity index (χ0) is 22.0. The molecule has 3 aliphatic heterocycles. The third-order valence-electron chi connectivity index (χ3n) is 6.66. The van der Waals surface area contributed by atoms with Crippen molar-refractivity contribution in [1.82, 2.24) is 10.4 Å². The molecule has 0 radical (unpaired) electrons. The quantitative estimate of drug-likeness (QED) is 0.694. The molecule has 3 aliphatic rings. The number of nitrogens with zero attached hydrogens (tertiary/aromatic N) is 2. The van der Waals surface area contributed by atoms with E-state index in [-0.39, 0.29) is 17.7 Å². The average Bonchev–Trinajstić information content (AvgIpc) is 3.25. The topological polar surface area (TPSA) is 83.4 Å². The average molecular weight is 436 g/mol. The number of carboxylic acids is 1. The van der Waals surface area contributed by atoms with E-state index < -0.39 is 5.97 Å². The van der Waals surface area contributed by atoms with Crippen LogP contribution in [0, 0.1) is 5.92 Å². The molecule has 2 aromatic rings. The van der Waals surface area contributed by atoms with E-state index in [1.165, 1.54) is 5.56 Å². The summed E-state index contributed by atoms with van der Waals surface area (Å²) < 4.78 is 6.33. The minimum atomic E-state index is -0.704. The normalized spacial score (nSPS) is 26.2. The van der Waals surface area contributed by atoms with Crippen molar-refractivity contribution in [3.8, 4) is 0 Å². The molecule has 2 saturated heterocycles. The van der Waals surface area contributed by atoms with Crippen LogP contribution in [0.25, 0.3) is 0 Å². The summed E-state index contributed by atoms with van der Waals surface area (Å²) in [6.07, 6.45) is 3.56. The van der Waals surface area contributed by atoms with Crippen molar-refractivity contribution in [3.05, 3.63) is 71.3 Å². The predicted octanol–water partition coefficient (Wildman–Crippen LogP) is 3.30. The molecule has 2 aromatic carbocycles. The van der Waals surface area contributed by atoms with Gasteiger partial charge in [-0.25, -0.2) is 15.3 Å². The van der Waals surface area contributed by atoms with Crippen LogP contribution in [-0.2, 0) is 26.5 Å². The molecule has 2 N–H and O–H groups in total. The first kappa shape index (κ1) is 21.1. The summed E-state index contributed by atoms with van der Waals surface area (Å²) >= 11 is 0. The lowest BCUT2D eigenvalue weighted by Gasteiger charge is -2.38. The first-order valence-electron chi connectivity index (χ1n) is 11.3. The molecule has 5 rings (SSSR count). The molecule has 2 unspecified atom stereocenters. The largest absolute Gasteiger partial charge is 0.481 e. The van der Waals surface area contributed by atoms with Gasteiger partial charge in [0.1, 0.15) is 0 Å². The molecule has 7 nitrogen and oxygen atoms in total. The lowest BCUT2D eigenvalue weighted by atomic mass is 9.83. The van der Waals surface area contributed by atoms with E-state index in [0.717, 1.165) is 49.4 Å². The number of nitrogens with one attached hydrogen (secondary N) is 1. The smallest absolute Gasteiger partial charge is 0.309 e. The number of hydroxylamine groups is 1. The zero-order valence-corrected chi connectivity index (χ0v) is 18.1. The third-order valence-corrected chi connectivity index (χ3v) is 6.66. The Hall–Kier alpha value is -2.74. The number of carboxylic acid groups (broad SMARTS) is 1. The lowest BCUT2D eigenvalue weighted by molar-refractivity contribution is -0.147. The first-order valence-corrected chi connectivity index (χ1v) is 11.3. The van der Waals surface area contributed by atoms with Gasteiger partial charge >= 0.3 is 5.97 Å². The Balaban J connectivity index is 1.23. The second-order valence-corrected chi connectivity index (χ2v) is 8.95. The fourth-order valence-corrected chi connectivity index (χ4v) is 4.81. The highest BCUT2D eigenvalue weighted by molar-refractivity contribution is 5.98. The molecule has 0 aliphatic carbocycles. The molecule has 0 aromatic heterocycles. The van der Waals surface area contributed by atoms with E-state index in [9.17, 15) is 4.79 Å². The number of hydrogen-bond acceptors (Lipinski definition) is 6. The first-order chi connectivity index (χ1) is 15.6.